The molecule has 0 saturated heterocycles. The van der Waals surface area contributed by atoms with Gasteiger partial charge in [-0.3, -0.25) is 4.79 Å². The normalized spacial score (nSPS) is 11.4. The Morgan fingerprint density at radius 2 is 2.00 bits per heavy atom. The number of hydrogen-bond acceptors (Lipinski definition) is 3. The molecule has 0 aromatic heterocycles. The van der Waals surface area contributed by atoms with Crippen LogP contribution in [-0.2, 0) is 6.18 Å². The maximum atomic E-state index is 12.9. The maximum Gasteiger partial charge on any atom is 0.417 e. The molecule has 112 valence electrons. The van der Waals surface area contributed by atoms with Crippen molar-refractivity contribution < 1.29 is 23.1 Å². The van der Waals surface area contributed by atoms with E-state index in [0.717, 1.165) is 18.9 Å². The zero-order valence-electron chi connectivity index (χ0n) is 11.3. The van der Waals surface area contributed by atoms with Gasteiger partial charge in [0.15, 0.2) is 6.29 Å². The van der Waals surface area contributed by atoms with Crippen LogP contribution < -0.4 is 4.90 Å². The molecule has 0 amide bonds. The van der Waals surface area contributed by atoms with E-state index in [1.807, 2.05) is 6.92 Å². The lowest BCUT2D eigenvalue weighted by atomic mass is 10.1. The Morgan fingerprint density at radius 3 is 2.50 bits per heavy atom. The minimum absolute atomic E-state index is 0.138. The topological polar surface area (TPSA) is 40.5 Å². The number of hydrogen-bond donors (Lipinski definition) is 1. The van der Waals surface area contributed by atoms with Crippen molar-refractivity contribution >= 4 is 12.0 Å². The number of unbranched alkanes of at least 4 members (excludes halogenated alkanes) is 1. The second kappa shape index (κ2) is 7.28. The van der Waals surface area contributed by atoms with Gasteiger partial charge in [-0.05, 0) is 24.6 Å². The Kier molecular flexibility index (Phi) is 6.01. The third-order valence-corrected chi connectivity index (χ3v) is 2.99. The largest absolute Gasteiger partial charge is 0.417 e. The molecule has 1 rings (SSSR count). The Labute approximate surface area is 116 Å². The monoisotopic (exact) mass is 289 g/mol. The van der Waals surface area contributed by atoms with Crippen LogP contribution in [0.2, 0.25) is 0 Å². The van der Waals surface area contributed by atoms with E-state index in [1.54, 1.807) is 4.90 Å². The Balaban J connectivity index is 3.13. The second-order valence-corrected chi connectivity index (χ2v) is 4.45. The lowest BCUT2D eigenvalue weighted by molar-refractivity contribution is -0.137. The highest BCUT2D eigenvalue weighted by atomic mass is 19.4. The number of rotatable bonds is 7. The van der Waals surface area contributed by atoms with Gasteiger partial charge in [0.05, 0.1) is 12.2 Å². The number of aliphatic hydroxyl groups excluding tert-OH is 1. The number of anilines is 1. The van der Waals surface area contributed by atoms with Crippen molar-refractivity contribution in [2.24, 2.45) is 0 Å². The van der Waals surface area contributed by atoms with Crippen LogP contribution in [-0.4, -0.2) is 31.1 Å². The van der Waals surface area contributed by atoms with Crippen molar-refractivity contribution in [2.45, 2.75) is 25.9 Å². The number of aliphatic hydroxyl groups is 1. The van der Waals surface area contributed by atoms with Crippen molar-refractivity contribution in [3.8, 4) is 0 Å². The molecule has 0 unspecified atom stereocenters. The molecule has 0 heterocycles. The van der Waals surface area contributed by atoms with E-state index in [0.29, 0.717) is 12.2 Å². The van der Waals surface area contributed by atoms with E-state index in [2.05, 4.69) is 0 Å². The fourth-order valence-electron chi connectivity index (χ4n) is 1.93. The van der Waals surface area contributed by atoms with Crippen LogP contribution in [0.25, 0.3) is 0 Å². The van der Waals surface area contributed by atoms with Crippen LogP contribution in [0.15, 0.2) is 18.2 Å². The average molecular weight is 289 g/mol. The predicted octanol–water partition coefficient (Wildman–Crippen LogP) is 3.12. The second-order valence-electron chi connectivity index (χ2n) is 4.45. The van der Waals surface area contributed by atoms with E-state index in [-0.39, 0.29) is 25.0 Å². The van der Waals surface area contributed by atoms with Crippen molar-refractivity contribution in [1.29, 1.82) is 0 Å². The summed E-state index contributed by atoms with van der Waals surface area (Å²) >= 11 is 0. The molecule has 0 saturated carbocycles. The molecule has 0 radical (unpaired) electrons. The third-order valence-electron chi connectivity index (χ3n) is 2.99. The van der Waals surface area contributed by atoms with Gasteiger partial charge in [-0.1, -0.05) is 13.3 Å². The van der Waals surface area contributed by atoms with Crippen LogP contribution in [0.1, 0.15) is 35.7 Å². The first-order chi connectivity index (χ1) is 9.43. The van der Waals surface area contributed by atoms with Gasteiger partial charge in [0, 0.05) is 24.3 Å². The summed E-state index contributed by atoms with van der Waals surface area (Å²) < 4.78 is 38.7. The zero-order chi connectivity index (χ0) is 15.2. The Morgan fingerprint density at radius 1 is 1.30 bits per heavy atom. The lowest BCUT2D eigenvalue weighted by Crippen LogP contribution is -2.28. The molecule has 20 heavy (non-hydrogen) atoms. The summed E-state index contributed by atoms with van der Waals surface area (Å²) in [6.45, 7) is 2.67. The minimum atomic E-state index is -4.57. The fourth-order valence-corrected chi connectivity index (χ4v) is 1.93. The van der Waals surface area contributed by atoms with Crippen molar-refractivity contribution in [1.82, 2.24) is 0 Å². The molecule has 1 aromatic rings. The molecule has 0 aliphatic heterocycles. The number of carbonyl (C=O) groups is 1. The van der Waals surface area contributed by atoms with Crippen molar-refractivity contribution in [3.63, 3.8) is 0 Å². The zero-order valence-corrected chi connectivity index (χ0v) is 11.3. The van der Waals surface area contributed by atoms with E-state index >= 15 is 0 Å². The predicted molar refractivity (Wildman–Crippen MR) is 71.0 cm³/mol. The first-order valence-corrected chi connectivity index (χ1v) is 6.46. The summed E-state index contributed by atoms with van der Waals surface area (Å²) in [4.78, 5) is 12.4. The first-order valence-electron chi connectivity index (χ1n) is 6.46. The van der Waals surface area contributed by atoms with E-state index < -0.39 is 11.7 Å². The summed E-state index contributed by atoms with van der Waals surface area (Å²) in [5.41, 5.74) is -0.949. The van der Waals surface area contributed by atoms with E-state index in [9.17, 15) is 18.0 Å². The van der Waals surface area contributed by atoms with Gasteiger partial charge in [0.2, 0.25) is 0 Å². The molecule has 1 aromatic carbocycles. The van der Waals surface area contributed by atoms with Gasteiger partial charge in [-0.15, -0.1) is 0 Å². The number of aldehydes is 1. The summed E-state index contributed by atoms with van der Waals surface area (Å²) in [6.07, 6.45) is -2.64. The van der Waals surface area contributed by atoms with Crippen molar-refractivity contribution in [3.05, 3.63) is 29.3 Å². The molecule has 0 atom stereocenters. The van der Waals surface area contributed by atoms with Gasteiger partial charge >= 0.3 is 6.18 Å². The van der Waals surface area contributed by atoms with Crippen LogP contribution in [0.5, 0.6) is 0 Å². The highest BCUT2D eigenvalue weighted by molar-refractivity contribution is 5.79. The number of halogens is 3. The summed E-state index contributed by atoms with van der Waals surface area (Å²) in [5, 5.41) is 9.01. The number of carbonyl (C=O) groups excluding carboxylic acids is 1. The molecule has 0 bridgehead atoms. The molecule has 6 heteroatoms. The fraction of sp³-hybridized carbons (Fsp3) is 0.500. The summed E-state index contributed by atoms with van der Waals surface area (Å²) in [5.74, 6) is 0. The smallest absolute Gasteiger partial charge is 0.395 e. The van der Waals surface area contributed by atoms with Crippen LogP contribution in [0, 0.1) is 0 Å². The third kappa shape index (κ3) is 4.23. The number of alkyl halides is 3. The van der Waals surface area contributed by atoms with Crippen molar-refractivity contribution in [2.75, 3.05) is 24.6 Å². The standard InChI is InChI=1S/C14H18F3NO2/c1-2-3-6-18(7-8-19)12-5-4-11(10-20)13(9-12)14(15,16)17/h4-5,9-10,19H,2-3,6-8H2,1H3. The Bertz CT molecular complexity index is 447. The molecular formula is C14H18F3NO2. The van der Waals surface area contributed by atoms with Crippen LogP contribution in [0.3, 0.4) is 0 Å². The van der Waals surface area contributed by atoms with E-state index in [1.165, 1.54) is 12.1 Å². The summed E-state index contributed by atoms with van der Waals surface area (Å²) in [6, 6.07) is 3.61. The Hall–Kier alpha value is -1.56. The molecular weight excluding hydrogens is 271 g/mol. The summed E-state index contributed by atoms with van der Waals surface area (Å²) in [7, 11) is 0. The maximum absolute atomic E-state index is 12.9. The SMILES string of the molecule is CCCCN(CCO)c1ccc(C=O)c(C(F)(F)F)c1. The molecule has 1 N–H and O–H groups in total. The molecule has 0 aliphatic rings. The van der Waals surface area contributed by atoms with Gasteiger partial charge in [-0.2, -0.15) is 13.2 Å². The highest BCUT2D eigenvalue weighted by Gasteiger charge is 2.33. The molecule has 0 fully saturated rings. The quantitative estimate of drug-likeness (QED) is 0.784. The minimum Gasteiger partial charge on any atom is -0.395 e. The van der Waals surface area contributed by atoms with Gasteiger partial charge in [0.25, 0.3) is 0 Å². The molecule has 0 spiro atoms. The molecule has 3 nitrogen and oxygen atoms in total. The van der Waals surface area contributed by atoms with Gasteiger partial charge < -0.3 is 10.0 Å². The van der Waals surface area contributed by atoms with Crippen LogP contribution in [0.4, 0.5) is 18.9 Å². The van der Waals surface area contributed by atoms with E-state index in [4.69, 9.17) is 5.11 Å². The number of nitrogens with zero attached hydrogens (tertiary/aromatic N) is 1. The van der Waals surface area contributed by atoms with Crippen LogP contribution >= 0.6 is 0 Å². The average Bonchev–Trinajstić information content (AvgIpc) is 2.42. The van der Waals surface area contributed by atoms with Gasteiger partial charge in [-0.25, -0.2) is 0 Å². The first kappa shape index (κ1) is 16.5. The highest BCUT2D eigenvalue weighted by Crippen LogP contribution is 2.34. The number of benzene rings is 1. The van der Waals surface area contributed by atoms with Gasteiger partial charge in [0.1, 0.15) is 0 Å². The lowest BCUT2D eigenvalue weighted by Gasteiger charge is -2.25. The molecule has 0 aliphatic carbocycles.